The lowest BCUT2D eigenvalue weighted by atomic mass is 10.3. The van der Waals surface area contributed by atoms with E-state index in [2.05, 4.69) is 20.9 Å². The Hall–Kier alpha value is -3.42. The van der Waals surface area contributed by atoms with Gasteiger partial charge in [-0.15, -0.1) is 0 Å². The van der Waals surface area contributed by atoms with Gasteiger partial charge in [-0.2, -0.15) is 4.99 Å². The Kier molecular flexibility index (Phi) is 16.9. The molecule has 2 aromatic carbocycles. The molecule has 1 amide bonds. The summed E-state index contributed by atoms with van der Waals surface area (Å²) in [7, 11) is 0. The molecule has 0 aliphatic carbocycles. The van der Waals surface area contributed by atoms with Gasteiger partial charge in [0.2, 0.25) is 0 Å². The zero-order valence-electron chi connectivity index (χ0n) is 20.7. The SMILES string of the molecule is CCOCC(N)=NC(=O)COCNc1ccc(O)cc1.CCOCNCOCNc1ccc(O)cc1. The van der Waals surface area contributed by atoms with Crippen LogP contribution in [0.2, 0.25) is 0 Å². The van der Waals surface area contributed by atoms with Crippen molar-refractivity contribution in [2.24, 2.45) is 10.7 Å². The summed E-state index contributed by atoms with van der Waals surface area (Å²) in [6.45, 7) is 6.42. The maximum absolute atomic E-state index is 11.4. The van der Waals surface area contributed by atoms with E-state index in [0.29, 0.717) is 33.4 Å². The molecule has 2 aromatic rings. The number of nitrogens with two attached hydrogens (primary N) is 1. The number of amides is 1. The normalized spacial score (nSPS) is 10.9. The molecule has 0 heterocycles. The number of aliphatic imine (C=N–C) groups is 1. The number of benzene rings is 2. The van der Waals surface area contributed by atoms with Gasteiger partial charge in [0.25, 0.3) is 5.91 Å². The second-order valence-corrected chi connectivity index (χ2v) is 6.95. The zero-order chi connectivity index (χ0) is 26.4. The molecule has 0 aliphatic rings. The predicted molar refractivity (Wildman–Crippen MR) is 138 cm³/mol. The van der Waals surface area contributed by atoms with Crippen molar-refractivity contribution < 1.29 is 34.0 Å². The average Bonchev–Trinajstić information content (AvgIpc) is 2.87. The maximum Gasteiger partial charge on any atom is 0.273 e. The second-order valence-electron chi connectivity index (χ2n) is 6.95. The summed E-state index contributed by atoms with van der Waals surface area (Å²) in [5, 5.41) is 27.1. The molecule has 0 aliphatic heterocycles. The fourth-order valence-electron chi connectivity index (χ4n) is 2.34. The van der Waals surface area contributed by atoms with Crippen LogP contribution >= 0.6 is 0 Å². The van der Waals surface area contributed by atoms with Crippen LogP contribution in [0.5, 0.6) is 11.5 Å². The molecule has 0 spiro atoms. The fraction of sp³-hybridized carbons (Fsp3) is 0.417. The van der Waals surface area contributed by atoms with Crippen LogP contribution in [0.25, 0.3) is 0 Å². The molecule has 200 valence electrons. The van der Waals surface area contributed by atoms with Gasteiger partial charge in [-0.25, -0.2) is 0 Å². The third-order valence-electron chi connectivity index (χ3n) is 4.05. The second kappa shape index (κ2) is 19.8. The monoisotopic (exact) mass is 507 g/mol. The Labute approximate surface area is 211 Å². The van der Waals surface area contributed by atoms with Crippen LogP contribution in [0.4, 0.5) is 11.4 Å². The lowest BCUT2D eigenvalue weighted by Crippen LogP contribution is -2.23. The van der Waals surface area contributed by atoms with Crippen LogP contribution in [0.15, 0.2) is 53.5 Å². The van der Waals surface area contributed by atoms with E-state index in [1.54, 1.807) is 48.5 Å². The summed E-state index contributed by atoms with van der Waals surface area (Å²) in [6.07, 6.45) is 0. The van der Waals surface area contributed by atoms with Crippen LogP contribution in [0.1, 0.15) is 13.8 Å². The van der Waals surface area contributed by atoms with Crippen molar-refractivity contribution in [3.8, 4) is 11.5 Å². The number of aromatic hydroxyl groups is 2. The summed E-state index contributed by atoms with van der Waals surface area (Å²) in [4.78, 5) is 15.0. The molecule has 0 fully saturated rings. The number of nitrogens with one attached hydrogen (secondary N) is 3. The molecule has 12 nitrogen and oxygen atoms in total. The van der Waals surface area contributed by atoms with Gasteiger partial charge in [0, 0.05) is 24.6 Å². The van der Waals surface area contributed by atoms with Crippen molar-refractivity contribution in [2.45, 2.75) is 13.8 Å². The molecule has 12 heteroatoms. The molecule has 0 unspecified atom stereocenters. The Morgan fingerprint density at radius 1 is 0.750 bits per heavy atom. The standard InChI is InChI=1S/C13H19N3O4.C11H18N2O3/c1-2-19-7-12(14)16-13(18)8-20-9-15-10-3-5-11(17)6-4-10;1-2-15-7-12-8-16-9-13-10-3-5-11(14)6-4-10/h3-6,15,17H,2,7-9H2,1H3,(H2,14,16,18);3-6,12-14H,2,7-9H2,1H3. The third kappa shape index (κ3) is 16.2. The molecule has 36 heavy (non-hydrogen) atoms. The molecular weight excluding hydrogens is 470 g/mol. The van der Waals surface area contributed by atoms with Gasteiger partial charge >= 0.3 is 0 Å². The van der Waals surface area contributed by atoms with Crippen molar-refractivity contribution in [3.05, 3.63) is 48.5 Å². The number of hydrogen-bond donors (Lipinski definition) is 6. The summed E-state index contributed by atoms with van der Waals surface area (Å²) < 4.78 is 20.4. The number of hydrogen-bond acceptors (Lipinski definition) is 10. The van der Waals surface area contributed by atoms with Crippen molar-refractivity contribution in [3.63, 3.8) is 0 Å². The number of nitrogens with zero attached hydrogens (tertiary/aromatic N) is 1. The quantitative estimate of drug-likeness (QED) is 0.0646. The Morgan fingerprint density at radius 2 is 1.25 bits per heavy atom. The van der Waals surface area contributed by atoms with Gasteiger partial charge in [-0.1, -0.05) is 0 Å². The van der Waals surface area contributed by atoms with E-state index in [4.69, 9.17) is 34.9 Å². The highest BCUT2D eigenvalue weighted by Gasteiger charge is 2.01. The van der Waals surface area contributed by atoms with Crippen LogP contribution in [-0.4, -0.2) is 75.3 Å². The number of carbonyl (C=O) groups is 1. The molecule has 0 aromatic heterocycles. The lowest BCUT2D eigenvalue weighted by Gasteiger charge is -2.08. The first-order valence-corrected chi connectivity index (χ1v) is 11.4. The average molecular weight is 508 g/mol. The number of amidine groups is 1. The maximum atomic E-state index is 11.4. The molecule has 0 bridgehead atoms. The van der Waals surface area contributed by atoms with Gasteiger partial charge in [-0.05, 0) is 62.4 Å². The van der Waals surface area contributed by atoms with E-state index < -0.39 is 5.91 Å². The number of ether oxygens (including phenoxy) is 4. The Balaban J connectivity index is 0.000000369. The molecule has 0 radical (unpaired) electrons. The summed E-state index contributed by atoms with van der Waals surface area (Å²) in [5.41, 5.74) is 7.16. The third-order valence-corrected chi connectivity index (χ3v) is 4.05. The van der Waals surface area contributed by atoms with Gasteiger partial charge < -0.3 is 45.5 Å². The van der Waals surface area contributed by atoms with Crippen molar-refractivity contribution in [1.29, 1.82) is 0 Å². The van der Waals surface area contributed by atoms with Gasteiger partial charge in [0.1, 0.15) is 50.7 Å². The summed E-state index contributed by atoms with van der Waals surface area (Å²) in [6, 6.07) is 13.3. The van der Waals surface area contributed by atoms with Crippen LogP contribution in [0, 0.1) is 0 Å². The first kappa shape index (κ1) is 30.6. The van der Waals surface area contributed by atoms with E-state index in [1.165, 1.54) is 0 Å². The number of anilines is 2. The first-order chi connectivity index (χ1) is 17.4. The highest BCUT2D eigenvalue weighted by atomic mass is 16.5. The lowest BCUT2D eigenvalue weighted by molar-refractivity contribution is -0.122. The van der Waals surface area contributed by atoms with E-state index in [9.17, 15) is 4.79 Å². The highest BCUT2D eigenvalue weighted by molar-refractivity contribution is 5.94. The number of carbonyl (C=O) groups excluding carboxylic acids is 1. The topological polar surface area (TPSA) is 169 Å². The Bertz CT molecular complexity index is 864. The van der Waals surface area contributed by atoms with Crippen molar-refractivity contribution >= 4 is 23.1 Å². The minimum atomic E-state index is -0.463. The zero-order valence-corrected chi connectivity index (χ0v) is 20.7. The Morgan fingerprint density at radius 3 is 1.78 bits per heavy atom. The van der Waals surface area contributed by atoms with E-state index in [-0.39, 0.29) is 37.3 Å². The smallest absolute Gasteiger partial charge is 0.273 e. The van der Waals surface area contributed by atoms with Crippen LogP contribution in [-0.2, 0) is 23.7 Å². The van der Waals surface area contributed by atoms with Crippen molar-refractivity contribution in [2.75, 3.05) is 64.0 Å². The van der Waals surface area contributed by atoms with Crippen molar-refractivity contribution in [1.82, 2.24) is 5.32 Å². The molecule has 0 saturated carbocycles. The molecule has 0 atom stereocenters. The van der Waals surface area contributed by atoms with Crippen LogP contribution < -0.4 is 21.7 Å². The minimum absolute atomic E-state index is 0.131. The van der Waals surface area contributed by atoms with Crippen LogP contribution in [0.3, 0.4) is 0 Å². The van der Waals surface area contributed by atoms with E-state index >= 15 is 0 Å². The number of phenolic OH excluding ortho intramolecular Hbond substituents is 2. The van der Waals surface area contributed by atoms with E-state index in [1.807, 2.05) is 13.8 Å². The first-order valence-electron chi connectivity index (χ1n) is 11.4. The number of phenols is 2. The van der Waals surface area contributed by atoms with Gasteiger partial charge in [0.05, 0.1) is 6.73 Å². The fourth-order valence-corrected chi connectivity index (χ4v) is 2.34. The highest BCUT2D eigenvalue weighted by Crippen LogP contribution is 2.13. The molecule has 7 N–H and O–H groups in total. The molecule has 0 saturated heterocycles. The molecular formula is C24H37N5O7. The minimum Gasteiger partial charge on any atom is -0.508 e. The molecule has 2 rings (SSSR count). The predicted octanol–water partition coefficient (Wildman–Crippen LogP) is 2.02. The number of rotatable bonds is 16. The largest absolute Gasteiger partial charge is 0.508 e. The van der Waals surface area contributed by atoms with Gasteiger partial charge in [-0.3, -0.25) is 10.1 Å². The van der Waals surface area contributed by atoms with E-state index in [0.717, 1.165) is 11.4 Å². The summed E-state index contributed by atoms with van der Waals surface area (Å²) in [5.74, 6) is 0.109. The summed E-state index contributed by atoms with van der Waals surface area (Å²) >= 11 is 0. The van der Waals surface area contributed by atoms with Gasteiger partial charge in [0.15, 0.2) is 0 Å².